The summed E-state index contributed by atoms with van der Waals surface area (Å²) in [5, 5.41) is 3.19. The number of hydrogen-bond donors (Lipinski definition) is 1. The first-order valence-electron chi connectivity index (χ1n) is 9.45. The Morgan fingerprint density at radius 1 is 1.28 bits per heavy atom. The van der Waals surface area contributed by atoms with Crippen molar-refractivity contribution in [2.45, 2.75) is 40.2 Å². The number of nitrogens with zero attached hydrogens (tertiary/aromatic N) is 2. The number of carbonyl (C=O) groups is 1. The number of rotatable bonds is 7. The van der Waals surface area contributed by atoms with Gasteiger partial charge in [-0.25, -0.2) is 0 Å². The summed E-state index contributed by atoms with van der Waals surface area (Å²) in [4.78, 5) is 17.1. The lowest BCUT2D eigenvalue weighted by atomic mass is 9.91. The van der Waals surface area contributed by atoms with Crippen LogP contribution in [0.2, 0.25) is 0 Å². The van der Waals surface area contributed by atoms with Crippen molar-refractivity contribution in [1.29, 1.82) is 0 Å². The molecule has 0 spiro atoms. The van der Waals surface area contributed by atoms with Gasteiger partial charge in [-0.3, -0.25) is 9.69 Å². The molecule has 4 nitrogen and oxygen atoms in total. The second kappa shape index (κ2) is 8.81. The van der Waals surface area contributed by atoms with Crippen LogP contribution in [-0.2, 0) is 11.3 Å². The lowest BCUT2D eigenvalue weighted by molar-refractivity contribution is -0.127. The predicted octanol–water partition coefficient (Wildman–Crippen LogP) is 2.91. The Hall–Kier alpha value is -1.39. The van der Waals surface area contributed by atoms with E-state index >= 15 is 0 Å². The van der Waals surface area contributed by atoms with Gasteiger partial charge in [-0.05, 0) is 57.9 Å². The van der Waals surface area contributed by atoms with Crippen LogP contribution in [0.25, 0.3) is 0 Å². The largest absolute Gasteiger partial charge is 0.355 e. The standard InChI is InChI=1S/C21H35N3O/c1-17-7-6-8-18(13-17)14-24-11-9-19(10-12-24)20(25)22-15-21(2,3)16-23(4)5/h6-8,13,19H,9-12,14-16H2,1-5H3,(H,22,25). The molecule has 1 aromatic carbocycles. The average molecular weight is 346 g/mol. The van der Waals surface area contributed by atoms with E-state index in [1.807, 2.05) is 0 Å². The van der Waals surface area contributed by atoms with Gasteiger partial charge in [0.2, 0.25) is 5.91 Å². The van der Waals surface area contributed by atoms with E-state index in [9.17, 15) is 4.79 Å². The monoisotopic (exact) mass is 345 g/mol. The topological polar surface area (TPSA) is 35.6 Å². The Labute approximate surface area is 153 Å². The number of benzene rings is 1. The van der Waals surface area contributed by atoms with Crippen molar-refractivity contribution in [3.05, 3.63) is 35.4 Å². The average Bonchev–Trinajstić information content (AvgIpc) is 2.52. The third-order valence-electron chi connectivity index (χ3n) is 4.93. The molecule has 25 heavy (non-hydrogen) atoms. The van der Waals surface area contributed by atoms with Crippen LogP contribution in [-0.4, -0.2) is 56.0 Å². The number of piperidine rings is 1. The molecule has 0 bridgehead atoms. The lowest BCUT2D eigenvalue weighted by Gasteiger charge is -2.33. The SMILES string of the molecule is Cc1cccc(CN2CCC(C(=O)NCC(C)(C)CN(C)C)CC2)c1. The Morgan fingerprint density at radius 3 is 2.56 bits per heavy atom. The molecule has 1 aliphatic heterocycles. The van der Waals surface area contributed by atoms with Crippen molar-refractivity contribution in [3.63, 3.8) is 0 Å². The molecule has 0 aromatic heterocycles. The summed E-state index contributed by atoms with van der Waals surface area (Å²) < 4.78 is 0. The van der Waals surface area contributed by atoms with Gasteiger partial charge in [-0.15, -0.1) is 0 Å². The van der Waals surface area contributed by atoms with Crippen LogP contribution >= 0.6 is 0 Å². The second-order valence-electron chi connectivity index (χ2n) is 8.66. The smallest absolute Gasteiger partial charge is 0.223 e. The van der Waals surface area contributed by atoms with E-state index in [1.54, 1.807) is 0 Å². The van der Waals surface area contributed by atoms with Crippen LogP contribution in [0, 0.1) is 18.3 Å². The Kier molecular flexibility index (Phi) is 7.03. The number of likely N-dealkylation sites (tertiary alicyclic amines) is 1. The molecular formula is C21H35N3O. The summed E-state index contributed by atoms with van der Waals surface area (Å²) in [5.41, 5.74) is 2.78. The van der Waals surface area contributed by atoms with Crippen molar-refractivity contribution >= 4 is 5.91 Å². The van der Waals surface area contributed by atoms with E-state index in [0.717, 1.165) is 45.6 Å². The molecule has 0 radical (unpaired) electrons. The molecule has 1 amide bonds. The molecule has 0 unspecified atom stereocenters. The summed E-state index contributed by atoms with van der Waals surface area (Å²) in [6.45, 7) is 11.3. The van der Waals surface area contributed by atoms with Crippen LogP contribution < -0.4 is 5.32 Å². The van der Waals surface area contributed by atoms with Gasteiger partial charge in [-0.2, -0.15) is 0 Å². The fourth-order valence-corrected chi connectivity index (χ4v) is 3.80. The van der Waals surface area contributed by atoms with Crippen LogP contribution in [0.3, 0.4) is 0 Å². The third-order valence-corrected chi connectivity index (χ3v) is 4.93. The Morgan fingerprint density at radius 2 is 1.96 bits per heavy atom. The molecule has 1 fully saturated rings. The van der Waals surface area contributed by atoms with E-state index in [4.69, 9.17) is 0 Å². The fourth-order valence-electron chi connectivity index (χ4n) is 3.80. The highest BCUT2D eigenvalue weighted by molar-refractivity contribution is 5.78. The van der Waals surface area contributed by atoms with Gasteiger partial charge in [0, 0.05) is 25.6 Å². The molecule has 2 rings (SSSR count). The Bertz CT molecular complexity index is 560. The van der Waals surface area contributed by atoms with Crippen molar-refractivity contribution in [2.24, 2.45) is 11.3 Å². The number of aryl methyl sites for hydroxylation is 1. The molecule has 1 heterocycles. The molecule has 1 saturated heterocycles. The zero-order valence-electron chi connectivity index (χ0n) is 16.6. The normalized spacial score (nSPS) is 17.0. The predicted molar refractivity (Wildman–Crippen MR) is 105 cm³/mol. The first-order chi connectivity index (χ1) is 11.7. The molecule has 1 aliphatic rings. The molecule has 4 heteroatoms. The number of carbonyl (C=O) groups excluding carboxylic acids is 1. The van der Waals surface area contributed by atoms with Crippen LogP contribution in [0.1, 0.15) is 37.8 Å². The van der Waals surface area contributed by atoms with Gasteiger partial charge in [0.15, 0.2) is 0 Å². The highest BCUT2D eigenvalue weighted by Crippen LogP contribution is 2.21. The first-order valence-corrected chi connectivity index (χ1v) is 9.45. The highest BCUT2D eigenvalue weighted by Gasteiger charge is 2.27. The Balaban J connectivity index is 1.74. The summed E-state index contributed by atoms with van der Waals surface area (Å²) in [7, 11) is 4.15. The van der Waals surface area contributed by atoms with Gasteiger partial charge in [0.25, 0.3) is 0 Å². The summed E-state index contributed by atoms with van der Waals surface area (Å²) in [6, 6.07) is 8.71. The maximum absolute atomic E-state index is 12.5. The molecule has 0 saturated carbocycles. The molecule has 1 N–H and O–H groups in total. The van der Waals surface area contributed by atoms with Crippen LogP contribution in [0.5, 0.6) is 0 Å². The van der Waals surface area contributed by atoms with E-state index in [-0.39, 0.29) is 17.2 Å². The number of amides is 1. The van der Waals surface area contributed by atoms with Crippen LogP contribution in [0.15, 0.2) is 24.3 Å². The maximum atomic E-state index is 12.5. The molecule has 140 valence electrons. The van der Waals surface area contributed by atoms with Gasteiger partial charge < -0.3 is 10.2 Å². The van der Waals surface area contributed by atoms with E-state index in [1.165, 1.54) is 11.1 Å². The van der Waals surface area contributed by atoms with E-state index in [2.05, 4.69) is 74.2 Å². The molecule has 0 aliphatic carbocycles. The fraction of sp³-hybridized carbons (Fsp3) is 0.667. The minimum Gasteiger partial charge on any atom is -0.355 e. The summed E-state index contributed by atoms with van der Waals surface area (Å²) >= 11 is 0. The van der Waals surface area contributed by atoms with Gasteiger partial charge >= 0.3 is 0 Å². The summed E-state index contributed by atoms with van der Waals surface area (Å²) in [6.07, 6.45) is 1.93. The van der Waals surface area contributed by atoms with Gasteiger partial charge in [-0.1, -0.05) is 43.7 Å². The van der Waals surface area contributed by atoms with Gasteiger partial charge in [0.1, 0.15) is 0 Å². The van der Waals surface area contributed by atoms with Crippen molar-refractivity contribution < 1.29 is 4.79 Å². The minimum absolute atomic E-state index is 0.102. The number of nitrogens with one attached hydrogen (secondary N) is 1. The van der Waals surface area contributed by atoms with Gasteiger partial charge in [0.05, 0.1) is 0 Å². The lowest BCUT2D eigenvalue weighted by Crippen LogP contribution is -2.44. The molecular weight excluding hydrogens is 310 g/mol. The minimum atomic E-state index is 0.102. The second-order valence-corrected chi connectivity index (χ2v) is 8.66. The van der Waals surface area contributed by atoms with E-state index < -0.39 is 0 Å². The zero-order valence-corrected chi connectivity index (χ0v) is 16.6. The zero-order chi connectivity index (χ0) is 18.4. The quantitative estimate of drug-likeness (QED) is 0.825. The van der Waals surface area contributed by atoms with Crippen LogP contribution in [0.4, 0.5) is 0 Å². The van der Waals surface area contributed by atoms with E-state index in [0.29, 0.717) is 0 Å². The van der Waals surface area contributed by atoms with Crippen molar-refractivity contribution in [3.8, 4) is 0 Å². The van der Waals surface area contributed by atoms with Crippen molar-refractivity contribution in [2.75, 3.05) is 40.3 Å². The summed E-state index contributed by atoms with van der Waals surface area (Å²) in [5.74, 6) is 0.408. The first kappa shape index (κ1) is 19.9. The third kappa shape index (κ3) is 6.79. The maximum Gasteiger partial charge on any atom is 0.223 e. The number of hydrogen-bond acceptors (Lipinski definition) is 3. The van der Waals surface area contributed by atoms with Crippen molar-refractivity contribution in [1.82, 2.24) is 15.1 Å². The molecule has 0 atom stereocenters. The molecule has 1 aromatic rings. The highest BCUT2D eigenvalue weighted by atomic mass is 16.1.